The molecule has 2 aromatic carbocycles. The van der Waals surface area contributed by atoms with Gasteiger partial charge in [0.25, 0.3) is 0 Å². The van der Waals surface area contributed by atoms with Gasteiger partial charge in [-0.2, -0.15) is 5.26 Å². The maximum atomic E-state index is 9.14. The number of hydrogen-bond acceptors (Lipinski definition) is 1. The summed E-state index contributed by atoms with van der Waals surface area (Å²) < 4.78 is 0.936. The predicted octanol–water partition coefficient (Wildman–Crippen LogP) is 4.95. The highest BCUT2D eigenvalue weighted by molar-refractivity contribution is 9.10. The van der Waals surface area contributed by atoms with Gasteiger partial charge in [0, 0.05) is 20.6 Å². The molecule has 0 aliphatic carbocycles. The number of hydrogen-bond donors (Lipinski definition) is 0. The lowest BCUT2D eigenvalue weighted by Gasteiger charge is -2.10. The zero-order valence-corrected chi connectivity index (χ0v) is 11.5. The van der Waals surface area contributed by atoms with Gasteiger partial charge in [-0.3, -0.25) is 0 Å². The van der Waals surface area contributed by atoms with E-state index in [0.29, 0.717) is 10.6 Å². The van der Waals surface area contributed by atoms with E-state index in [1.165, 1.54) is 0 Å². The Bertz CT molecular complexity index is 594. The van der Waals surface area contributed by atoms with Gasteiger partial charge in [0.15, 0.2) is 0 Å². The summed E-state index contributed by atoms with van der Waals surface area (Å²) in [5, 5.41) is 9.81. The highest BCUT2D eigenvalue weighted by atomic mass is 79.9. The molecule has 0 atom stereocenters. The van der Waals surface area contributed by atoms with Crippen LogP contribution in [0.25, 0.3) is 11.1 Å². The lowest BCUT2D eigenvalue weighted by molar-refractivity contribution is 1.43. The molecule has 3 heteroatoms. The van der Waals surface area contributed by atoms with Crippen LogP contribution in [0.4, 0.5) is 0 Å². The molecule has 0 spiro atoms. The molecular weight excluding hydrogens is 298 g/mol. The Hall–Kier alpha value is -1.30. The van der Waals surface area contributed by atoms with Crippen molar-refractivity contribution in [3.63, 3.8) is 0 Å². The third-order valence-corrected chi connectivity index (χ3v) is 3.40. The van der Waals surface area contributed by atoms with Crippen molar-refractivity contribution in [2.45, 2.75) is 6.92 Å². The van der Waals surface area contributed by atoms with Gasteiger partial charge in [-0.1, -0.05) is 39.7 Å². The van der Waals surface area contributed by atoms with E-state index in [1.54, 1.807) is 6.07 Å². The van der Waals surface area contributed by atoms with Crippen molar-refractivity contribution in [3.8, 4) is 17.2 Å². The van der Waals surface area contributed by atoms with Gasteiger partial charge in [0.2, 0.25) is 0 Å². The molecule has 0 saturated heterocycles. The second-order valence-electron chi connectivity index (χ2n) is 3.73. The molecule has 0 aromatic heterocycles. The Kier molecular flexibility index (Phi) is 3.51. The zero-order chi connectivity index (χ0) is 12.4. The van der Waals surface area contributed by atoms with Crippen molar-refractivity contribution in [2.24, 2.45) is 0 Å². The third-order valence-electron chi connectivity index (χ3n) is 2.59. The minimum Gasteiger partial charge on any atom is -0.192 e. The first kappa shape index (κ1) is 12.2. The molecule has 0 amide bonds. The second-order valence-corrected chi connectivity index (χ2v) is 5.06. The van der Waals surface area contributed by atoms with Gasteiger partial charge in [0.1, 0.15) is 0 Å². The highest BCUT2D eigenvalue weighted by Crippen LogP contribution is 2.34. The largest absolute Gasteiger partial charge is 0.192 e. The summed E-state index contributed by atoms with van der Waals surface area (Å²) in [6.45, 7) is 1.99. The molecule has 0 aliphatic rings. The smallest absolute Gasteiger partial charge is 0.0998 e. The standard InChI is InChI=1S/C14H9BrClN/c1-9-3-2-4-13(16)14(9)12-7-11(15)6-5-10(12)8-17/h2-7H,1H3. The number of aryl methyl sites for hydroxylation is 1. The lowest BCUT2D eigenvalue weighted by Crippen LogP contribution is -1.89. The van der Waals surface area contributed by atoms with Crippen LogP contribution in [0.15, 0.2) is 40.9 Å². The molecule has 0 unspecified atom stereocenters. The van der Waals surface area contributed by atoms with Crippen LogP contribution in [-0.4, -0.2) is 0 Å². The van der Waals surface area contributed by atoms with E-state index in [1.807, 2.05) is 37.3 Å². The molecule has 0 bridgehead atoms. The number of benzene rings is 2. The van der Waals surface area contributed by atoms with Crippen molar-refractivity contribution in [2.75, 3.05) is 0 Å². The number of rotatable bonds is 1. The summed E-state index contributed by atoms with van der Waals surface area (Å²) in [4.78, 5) is 0. The average molecular weight is 307 g/mol. The number of nitriles is 1. The van der Waals surface area contributed by atoms with Gasteiger partial charge in [-0.25, -0.2) is 0 Å². The Balaban J connectivity index is 2.77. The molecule has 0 heterocycles. The quantitative estimate of drug-likeness (QED) is 0.731. The van der Waals surface area contributed by atoms with Gasteiger partial charge in [-0.15, -0.1) is 0 Å². The van der Waals surface area contributed by atoms with Crippen molar-refractivity contribution in [3.05, 3.63) is 57.0 Å². The topological polar surface area (TPSA) is 23.8 Å². The van der Waals surface area contributed by atoms with Crippen LogP contribution in [0.3, 0.4) is 0 Å². The summed E-state index contributed by atoms with van der Waals surface area (Å²) in [7, 11) is 0. The van der Waals surface area contributed by atoms with E-state index in [2.05, 4.69) is 22.0 Å². The molecule has 0 radical (unpaired) electrons. The fourth-order valence-electron chi connectivity index (χ4n) is 1.79. The van der Waals surface area contributed by atoms with Crippen LogP contribution in [-0.2, 0) is 0 Å². The van der Waals surface area contributed by atoms with Gasteiger partial charge in [-0.05, 0) is 36.8 Å². The molecule has 1 nitrogen and oxygen atoms in total. The van der Waals surface area contributed by atoms with Gasteiger partial charge < -0.3 is 0 Å². The molecule has 0 aliphatic heterocycles. The Morgan fingerprint density at radius 3 is 2.65 bits per heavy atom. The Morgan fingerprint density at radius 1 is 1.24 bits per heavy atom. The monoisotopic (exact) mass is 305 g/mol. The maximum absolute atomic E-state index is 9.14. The first-order valence-corrected chi connectivity index (χ1v) is 6.25. The zero-order valence-electron chi connectivity index (χ0n) is 9.17. The molecule has 0 N–H and O–H groups in total. The van der Waals surface area contributed by atoms with Crippen LogP contribution in [0.5, 0.6) is 0 Å². The first-order valence-electron chi connectivity index (χ1n) is 5.08. The SMILES string of the molecule is Cc1cccc(Cl)c1-c1cc(Br)ccc1C#N. The summed E-state index contributed by atoms with van der Waals surface area (Å²) in [6, 6.07) is 13.5. The van der Waals surface area contributed by atoms with Crippen molar-refractivity contribution in [1.29, 1.82) is 5.26 Å². The van der Waals surface area contributed by atoms with Gasteiger partial charge >= 0.3 is 0 Å². The average Bonchev–Trinajstić information content (AvgIpc) is 2.29. The molecule has 2 rings (SSSR count). The summed E-state index contributed by atoms with van der Waals surface area (Å²) in [5.74, 6) is 0. The fraction of sp³-hybridized carbons (Fsp3) is 0.0714. The van der Waals surface area contributed by atoms with Crippen molar-refractivity contribution in [1.82, 2.24) is 0 Å². The highest BCUT2D eigenvalue weighted by Gasteiger charge is 2.11. The third kappa shape index (κ3) is 2.36. The van der Waals surface area contributed by atoms with Crippen molar-refractivity contribution < 1.29 is 0 Å². The number of nitrogens with zero attached hydrogens (tertiary/aromatic N) is 1. The first-order chi connectivity index (χ1) is 8.13. The fourth-order valence-corrected chi connectivity index (χ4v) is 2.48. The molecule has 17 heavy (non-hydrogen) atoms. The summed E-state index contributed by atoms with van der Waals surface area (Å²) >= 11 is 9.64. The number of halogens is 2. The molecular formula is C14H9BrClN. The summed E-state index contributed by atoms with van der Waals surface area (Å²) in [6.07, 6.45) is 0. The van der Waals surface area contributed by atoms with Gasteiger partial charge in [0.05, 0.1) is 11.6 Å². The van der Waals surface area contributed by atoms with E-state index in [-0.39, 0.29) is 0 Å². The Labute approximate surface area is 114 Å². The van der Waals surface area contributed by atoms with Crippen LogP contribution < -0.4 is 0 Å². The molecule has 2 aromatic rings. The van der Waals surface area contributed by atoms with E-state index in [0.717, 1.165) is 21.2 Å². The Morgan fingerprint density at radius 2 is 2.00 bits per heavy atom. The van der Waals surface area contributed by atoms with Crippen LogP contribution in [0.2, 0.25) is 5.02 Å². The van der Waals surface area contributed by atoms with E-state index in [9.17, 15) is 0 Å². The molecule has 0 fully saturated rings. The van der Waals surface area contributed by atoms with E-state index >= 15 is 0 Å². The van der Waals surface area contributed by atoms with Crippen LogP contribution >= 0.6 is 27.5 Å². The van der Waals surface area contributed by atoms with Crippen molar-refractivity contribution >= 4 is 27.5 Å². The van der Waals surface area contributed by atoms with E-state index < -0.39 is 0 Å². The lowest BCUT2D eigenvalue weighted by atomic mass is 9.96. The minimum absolute atomic E-state index is 0.629. The van der Waals surface area contributed by atoms with Crippen LogP contribution in [0.1, 0.15) is 11.1 Å². The normalized spacial score (nSPS) is 10.0. The predicted molar refractivity (Wildman–Crippen MR) is 74.0 cm³/mol. The molecule has 0 saturated carbocycles. The van der Waals surface area contributed by atoms with E-state index in [4.69, 9.17) is 16.9 Å². The molecule has 84 valence electrons. The van der Waals surface area contributed by atoms with Crippen LogP contribution in [0, 0.1) is 18.3 Å². The minimum atomic E-state index is 0.629. The summed E-state index contributed by atoms with van der Waals surface area (Å²) in [5.41, 5.74) is 3.48. The second kappa shape index (κ2) is 4.91. The maximum Gasteiger partial charge on any atom is 0.0998 e.